The Morgan fingerprint density at radius 2 is 1.62 bits per heavy atom. The second kappa shape index (κ2) is 6.23. The molecule has 1 nitrogen and oxygen atoms in total. The van der Waals surface area contributed by atoms with E-state index in [1.54, 1.807) is 0 Å². The van der Waals surface area contributed by atoms with Gasteiger partial charge in [0, 0.05) is 16.2 Å². The van der Waals surface area contributed by atoms with Crippen molar-refractivity contribution in [3.8, 4) is 0 Å². The molecule has 0 aromatic heterocycles. The lowest BCUT2D eigenvalue weighted by atomic mass is 9.86. The van der Waals surface area contributed by atoms with Gasteiger partial charge in [0.1, 0.15) is 0 Å². The number of hydrogen-bond acceptors (Lipinski definition) is 1. The number of hydrogen-bond donors (Lipinski definition) is 1. The van der Waals surface area contributed by atoms with Crippen LogP contribution in [-0.2, 0) is 5.41 Å². The van der Waals surface area contributed by atoms with Gasteiger partial charge in [-0.05, 0) is 54.2 Å². The lowest BCUT2D eigenvalue weighted by Crippen LogP contribution is -2.12. The van der Waals surface area contributed by atoms with Crippen molar-refractivity contribution < 1.29 is 0 Å². The minimum absolute atomic E-state index is 0.206. The molecule has 0 aliphatic rings. The highest BCUT2D eigenvalue weighted by atomic mass is 79.9. The molecule has 112 valence electrons. The average molecular weight is 346 g/mol. The first-order chi connectivity index (χ1) is 9.77. The monoisotopic (exact) mass is 345 g/mol. The molecule has 1 atom stereocenters. The topological polar surface area (TPSA) is 12.0 Å². The third-order valence-corrected chi connectivity index (χ3v) is 4.71. The molecule has 21 heavy (non-hydrogen) atoms. The van der Waals surface area contributed by atoms with E-state index in [0.717, 1.165) is 10.2 Å². The molecule has 0 aliphatic heterocycles. The zero-order chi connectivity index (χ0) is 15.6. The van der Waals surface area contributed by atoms with Crippen molar-refractivity contribution in [2.75, 3.05) is 5.32 Å². The van der Waals surface area contributed by atoms with E-state index < -0.39 is 0 Å². The van der Waals surface area contributed by atoms with Gasteiger partial charge in [0.25, 0.3) is 0 Å². The standard InChI is InChI=1S/C19H24BrN/c1-13-12-17(10-11-18(13)20)21-14(2)15-6-8-16(9-7-15)19(3,4)5/h6-12,14,21H,1-5H3. The maximum absolute atomic E-state index is 3.56. The molecule has 0 amide bonds. The molecule has 0 spiro atoms. The van der Waals surface area contributed by atoms with Crippen molar-refractivity contribution >= 4 is 21.6 Å². The zero-order valence-corrected chi connectivity index (χ0v) is 15.1. The summed E-state index contributed by atoms with van der Waals surface area (Å²) >= 11 is 3.54. The van der Waals surface area contributed by atoms with Crippen LogP contribution in [-0.4, -0.2) is 0 Å². The Kier molecular flexibility index (Phi) is 4.77. The first-order valence-electron chi connectivity index (χ1n) is 7.40. The number of anilines is 1. The van der Waals surface area contributed by atoms with Gasteiger partial charge in [0.05, 0.1) is 0 Å². The summed E-state index contributed by atoms with van der Waals surface area (Å²) in [5.41, 5.74) is 5.29. The van der Waals surface area contributed by atoms with Crippen LogP contribution in [0.1, 0.15) is 50.4 Å². The fourth-order valence-electron chi connectivity index (χ4n) is 2.34. The predicted octanol–water partition coefficient (Wildman–Crippen LogP) is 6.23. The lowest BCUT2D eigenvalue weighted by molar-refractivity contribution is 0.589. The molecule has 1 N–H and O–H groups in total. The number of benzene rings is 2. The SMILES string of the molecule is Cc1cc(NC(C)c2ccc(C(C)(C)C)cc2)ccc1Br. The van der Waals surface area contributed by atoms with Crippen molar-refractivity contribution in [1.29, 1.82) is 0 Å². The van der Waals surface area contributed by atoms with Gasteiger partial charge in [-0.15, -0.1) is 0 Å². The van der Waals surface area contributed by atoms with E-state index in [4.69, 9.17) is 0 Å². The van der Waals surface area contributed by atoms with E-state index >= 15 is 0 Å². The zero-order valence-electron chi connectivity index (χ0n) is 13.5. The third-order valence-electron chi connectivity index (χ3n) is 3.82. The van der Waals surface area contributed by atoms with E-state index in [0.29, 0.717) is 6.04 Å². The van der Waals surface area contributed by atoms with Gasteiger partial charge < -0.3 is 5.32 Å². The maximum atomic E-state index is 3.56. The van der Waals surface area contributed by atoms with Crippen molar-refractivity contribution in [3.63, 3.8) is 0 Å². The van der Waals surface area contributed by atoms with E-state index in [1.807, 2.05) is 0 Å². The molecule has 1 unspecified atom stereocenters. The van der Waals surface area contributed by atoms with Crippen LogP contribution in [0.15, 0.2) is 46.9 Å². The molecule has 2 rings (SSSR count). The minimum Gasteiger partial charge on any atom is -0.379 e. The molecule has 0 saturated heterocycles. The van der Waals surface area contributed by atoms with E-state index in [1.165, 1.54) is 16.7 Å². The van der Waals surface area contributed by atoms with Crippen LogP contribution in [0.25, 0.3) is 0 Å². The Labute approximate surface area is 136 Å². The summed E-state index contributed by atoms with van der Waals surface area (Å²) in [5, 5.41) is 3.56. The molecule has 0 radical (unpaired) electrons. The summed E-state index contributed by atoms with van der Waals surface area (Å²) < 4.78 is 1.15. The Hall–Kier alpha value is -1.28. The van der Waals surface area contributed by atoms with Crippen molar-refractivity contribution in [2.24, 2.45) is 0 Å². The Morgan fingerprint density at radius 1 is 1.00 bits per heavy atom. The lowest BCUT2D eigenvalue weighted by Gasteiger charge is -2.21. The quantitative estimate of drug-likeness (QED) is 0.695. The summed E-state index contributed by atoms with van der Waals surface area (Å²) in [6.45, 7) is 11.0. The molecule has 0 aliphatic carbocycles. The summed E-state index contributed by atoms with van der Waals surface area (Å²) in [6, 6.07) is 15.6. The smallest absolute Gasteiger partial charge is 0.0485 e. The van der Waals surface area contributed by atoms with Crippen LogP contribution < -0.4 is 5.32 Å². The predicted molar refractivity (Wildman–Crippen MR) is 96.1 cm³/mol. The molecule has 2 heteroatoms. The molecule has 0 fully saturated rings. The summed E-state index contributed by atoms with van der Waals surface area (Å²) in [5.74, 6) is 0. The first-order valence-corrected chi connectivity index (χ1v) is 8.20. The highest BCUT2D eigenvalue weighted by Gasteiger charge is 2.14. The molecule has 0 bridgehead atoms. The number of halogens is 1. The molecular formula is C19H24BrN. The first kappa shape index (κ1) is 16.1. The molecule has 0 saturated carbocycles. The van der Waals surface area contributed by atoms with Crippen molar-refractivity contribution in [1.82, 2.24) is 0 Å². The van der Waals surface area contributed by atoms with E-state index in [9.17, 15) is 0 Å². The van der Waals surface area contributed by atoms with Gasteiger partial charge >= 0.3 is 0 Å². The summed E-state index contributed by atoms with van der Waals surface area (Å²) in [7, 11) is 0. The molecule has 2 aromatic carbocycles. The largest absolute Gasteiger partial charge is 0.379 e. The Morgan fingerprint density at radius 3 is 2.14 bits per heavy atom. The highest BCUT2D eigenvalue weighted by molar-refractivity contribution is 9.10. The van der Waals surface area contributed by atoms with Crippen LogP contribution in [0.2, 0.25) is 0 Å². The van der Waals surface area contributed by atoms with Gasteiger partial charge in [0.15, 0.2) is 0 Å². The maximum Gasteiger partial charge on any atom is 0.0485 e. The van der Waals surface area contributed by atoms with Crippen LogP contribution in [0.5, 0.6) is 0 Å². The second-order valence-electron chi connectivity index (χ2n) is 6.70. The third kappa shape index (κ3) is 4.10. The van der Waals surface area contributed by atoms with Crippen LogP contribution in [0, 0.1) is 6.92 Å². The van der Waals surface area contributed by atoms with Crippen LogP contribution >= 0.6 is 15.9 Å². The summed E-state index contributed by atoms with van der Waals surface area (Å²) in [4.78, 5) is 0. The van der Waals surface area contributed by atoms with Gasteiger partial charge in [0.2, 0.25) is 0 Å². The molecule has 2 aromatic rings. The normalized spacial score (nSPS) is 13.0. The Bertz CT molecular complexity index is 608. The molecular weight excluding hydrogens is 322 g/mol. The van der Waals surface area contributed by atoms with Crippen molar-refractivity contribution in [3.05, 3.63) is 63.6 Å². The van der Waals surface area contributed by atoms with Crippen LogP contribution in [0.4, 0.5) is 5.69 Å². The minimum atomic E-state index is 0.206. The van der Waals surface area contributed by atoms with Gasteiger partial charge in [-0.2, -0.15) is 0 Å². The Balaban J connectivity index is 2.13. The van der Waals surface area contributed by atoms with E-state index in [2.05, 4.69) is 98.3 Å². The van der Waals surface area contributed by atoms with Gasteiger partial charge in [-0.25, -0.2) is 0 Å². The highest BCUT2D eigenvalue weighted by Crippen LogP contribution is 2.26. The number of nitrogens with one attached hydrogen (secondary N) is 1. The van der Waals surface area contributed by atoms with Crippen LogP contribution in [0.3, 0.4) is 0 Å². The fraction of sp³-hybridized carbons (Fsp3) is 0.368. The average Bonchev–Trinajstić information content (AvgIpc) is 2.42. The fourth-order valence-corrected chi connectivity index (χ4v) is 2.59. The number of aryl methyl sites for hydroxylation is 1. The van der Waals surface area contributed by atoms with E-state index in [-0.39, 0.29) is 5.41 Å². The second-order valence-corrected chi connectivity index (χ2v) is 7.56. The molecule has 0 heterocycles. The van der Waals surface area contributed by atoms with Gasteiger partial charge in [-0.1, -0.05) is 61.0 Å². The van der Waals surface area contributed by atoms with Crippen molar-refractivity contribution in [2.45, 2.75) is 46.1 Å². The van der Waals surface area contributed by atoms with Gasteiger partial charge in [-0.3, -0.25) is 0 Å². The number of rotatable bonds is 3. The summed E-state index contributed by atoms with van der Waals surface area (Å²) in [6.07, 6.45) is 0.